The molecule has 0 atom stereocenters. The summed E-state index contributed by atoms with van der Waals surface area (Å²) in [7, 11) is 1.48. The van der Waals surface area contributed by atoms with E-state index in [1.807, 2.05) is 38.1 Å². The number of aryl methyl sites for hydroxylation is 2. The van der Waals surface area contributed by atoms with Crippen molar-refractivity contribution in [2.75, 3.05) is 13.7 Å². The zero-order valence-electron chi connectivity index (χ0n) is 20.9. The molecule has 0 saturated carbocycles. The number of rotatable bonds is 9. The number of nitrogens with zero attached hydrogens (tertiary/aromatic N) is 1. The van der Waals surface area contributed by atoms with Crippen LogP contribution in [0.4, 0.5) is 0 Å². The normalized spacial score (nSPS) is 11.0. The Morgan fingerprint density at radius 1 is 1.00 bits per heavy atom. The van der Waals surface area contributed by atoms with Crippen molar-refractivity contribution >= 4 is 34.0 Å². The third-order valence-electron chi connectivity index (χ3n) is 5.35. The Labute approximate surface area is 219 Å². The number of hydrogen-bond acceptors (Lipinski definition) is 6. The summed E-state index contributed by atoms with van der Waals surface area (Å²) in [6.45, 7) is 7.87. The predicted octanol–water partition coefficient (Wildman–Crippen LogP) is 5.95. The number of nitrogens with one attached hydrogen (secondary N) is 1. The highest BCUT2D eigenvalue weighted by molar-refractivity contribution is 9.10. The Bertz CT molecular complexity index is 1270. The number of methoxy groups -OCH3 is 1. The van der Waals surface area contributed by atoms with Crippen LogP contribution < -0.4 is 19.6 Å². The van der Waals surface area contributed by atoms with Crippen LogP contribution in [0.3, 0.4) is 0 Å². The van der Waals surface area contributed by atoms with Crippen molar-refractivity contribution in [3.8, 4) is 17.2 Å². The molecule has 188 valence electrons. The molecule has 0 unspecified atom stereocenters. The van der Waals surface area contributed by atoms with Gasteiger partial charge in [0.2, 0.25) is 0 Å². The van der Waals surface area contributed by atoms with Crippen molar-refractivity contribution < 1.29 is 23.8 Å². The van der Waals surface area contributed by atoms with Gasteiger partial charge in [0.05, 0.1) is 18.9 Å². The molecule has 3 rings (SSSR count). The van der Waals surface area contributed by atoms with E-state index in [9.17, 15) is 9.59 Å². The van der Waals surface area contributed by atoms with Crippen LogP contribution in [-0.4, -0.2) is 31.8 Å². The fourth-order valence-electron chi connectivity index (χ4n) is 3.30. The van der Waals surface area contributed by atoms with Crippen LogP contribution in [0.1, 0.15) is 52.4 Å². The van der Waals surface area contributed by atoms with E-state index in [1.54, 1.807) is 30.3 Å². The van der Waals surface area contributed by atoms with Gasteiger partial charge in [-0.25, -0.2) is 10.2 Å². The molecule has 0 saturated heterocycles. The molecule has 36 heavy (non-hydrogen) atoms. The molecule has 0 radical (unpaired) electrons. The number of carbonyl (C=O) groups excluding carboxylic acids is 2. The summed E-state index contributed by atoms with van der Waals surface area (Å²) in [5.41, 5.74) is 6.63. The molecule has 0 fully saturated rings. The van der Waals surface area contributed by atoms with Crippen LogP contribution >= 0.6 is 15.9 Å². The Kier molecular flexibility index (Phi) is 9.25. The number of esters is 1. The fraction of sp³-hybridized carbons (Fsp3) is 0.250. The zero-order chi connectivity index (χ0) is 26.2. The first kappa shape index (κ1) is 26.9. The van der Waals surface area contributed by atoms with E-state index in [4.69, 9.17) is 14.2 Å². The van der Waals surface area contributed by atoms with E-state index in [0.29, 0.717) is 22.6 Å². The first-order valence-electron chi connectivity index (χ1n) is 11.4. The number of ether oxygens (including phenoxy) is 3. The quantitative estimate of drug-likeness (QED) is 0.153. The Morgan fingerprint density at radius 3 is 2.39 bits per heavy atom. The van der Waals surface area contributed by atoms with Crippen LogP contribution in [0.15, 0.2) is 64.2 Å². The summed E-state index contributed by atoms with van der Waals surface area (Å²) in [5.74, 6) is 0.683. The lowest BCUT2D eigenvalue weighted by Crippen LogP contribution is -2.25. The van der Waals surface area contributed by atoms with E-state index < -0.39 is 11.9 Å². The van der Waals surface area contributed by atoms with Gasteiger partial charge in [-0.2, -0.15) is 5.10 Å². The molecule has 1 amide bonds. The third kappa shape index (κ3) is 7.18. The SMILES string of the molecule is COc1cc(C=NNC(=O)COc2cc(C)c(Br)cc2C(C)C)ccc1OC(=O)c1ccc(C)cc1. The molecule has 0 aliphatic carbocycles. The topological polar surface area (TPSA) is 86.2 Å². The maximum atomic E-state index is 12.4. The number of hydrogen-bond donors (Lipinski definition) is 1. The lowest BCUT2D eigenvalue weighted by molar-refractivity contribution is -0.123. The standard InChI is InChI=1S/C28H29BrN2O5/c1-17(2)22-14-23(29)19(4)12-25(22)35-16-27(32)31-30-15-20-8-11-24(26(13-20)34-5)36-28(33)21-9-6-18(3)7-10-21/h6-15,17H,16H2,1-5H3,(H,31,32). The van der Waals surface area contributed by atoms with Gasteiger partial charge in [0, 0.05) is 4.47 Å². The molecule has 0 aliphatic rings. The molecule has 3 aromatic rings. The third-order valence-corrected chi connectivity index (χ3v) is 6.21. The molecule has 1 N–H and O–H groups in total. The maximum Gasteiger partial charge on any atom is 0.343 e. The molecule has 0 aromatic heterocycles. The highest BCUT2D eigenvalue weighted by atomic mass is 79.9. The van der Waals surface area contributed by atoms with Gasteiger partial charge in [0.1, 0.15) is 5.75 Å². The smallest absolute Gasteiger partial charge is 0.343 e. The van der Waals surface area contributed by atoms with Crippen molar-refractivity contribution in [1.29, 1.82) is 0 Å². The van der Waals surface area contributed by atoms with Crippen LogP contribution in [0, 0.1) is 13.8 Å². The van der Waals surface area contributed by atoms with Crippen molar-refractivity contribution in [1.82, 2.24) is 5.43 Å². The van der Waals surface area contributed by atoms with Gasteiger partial charge in [0.25, 0.3) is 5.91 Å². The number of carbonyl (C=O) groups is 2. The molecule has 0 heterocycles. The minimum absolute atomic E-state index is 0.171. The van der Waals surface area contributed by atoms with Crippen molar-refractivity contribution in [2.24, 2.45) is 5.10 Å². The predicted molar refractivity (Wildman–Crippen MR) is 143 cm³/mol. The van der Waals surface area contributed by atoms with Gasteiger partial charge in [-0.05, 0) is 78.9 Å². The second-order valence-electron chi connectivity index (χ2n) is 8.54. The van der Waals surface area contributed by atoms with Crippen molar-refractivity contribution in [2.45, 2.75) is 33.6 Å². The average molecular weight is 553 g/mol. The monoisotopic (exact) mass is 552 g/mol. The molecular formula is C28H29BrN2O5. The molecule has 8 heteroatoms. The number of hydrazone groups is 1. The Hall–Kier alpha value is -3.65. The number of halogens is 1. The number of benzene rings is 3. The molecule has 0 bridgehead atoms. The molecule has 0 aliphatic heterocycles. The van der Waals surface area contributed by atoms with E-state index in [2.05, 4.69) is 40.3 Å². The van der Waals surface area contributed by atoms with Crippen molar-refractivity contribution in [3.63, 3.8) is 0 Å². The lowest BCUT2D eigenvalue weighted by Gasteiger charge is -2.15. The minimum Gasteiger partial charge on any atom is -0.493 e. The maximum absolute atomic E-state index is 12.4. The summed E-state index contributed by atoms with van der Waals surface area (Å²) in [6.07, 6.45) is 1.47. The second-order valence-corrected chi connectivity index (χ2v) is 9.40. The molecule has 0 spiro atoms. The van der Waals surface area contributed by atoms with E-state index in [1.165, 1.54) is 13.3 Å². The van der Waals surface area contributed by atoms with E-state index in [0.717, 1.165) is 21.2 Å². The largest absolute Gasteiger partial charge is 0.493 e. The minimum atomic E-state index is -0.483. The van der Waals surface area contributed by atoms with Crippen LogP contribution in [0.25, 0.3) is 0 Å². The van der Waals surface area contributed by atoms with Gasteiger partial charge in [-0.1, -0.05) is 47.5 Å². The number of amides is 1. The van der Waals surface area contributed by atoms with Gasteiger partial charge in [-0.3, -0.25) is 4.79 Å². The summed E-state index contributed by atoms with van der Waals surface area (Å²) < 4.78 is 17.6. The highest BCUT2D eigenvalue weighted by Gasteiger charge is 2.14. The van der Waals surface area contributed by atoms with Crippen LogP contribution in [0.2, 0.25) is 0 Å². The van der Waals surface area contributed by atoms with E-state index in [-0.39, 0.29) is 18.3 Å². The van der Waals surface area contributed by atoms with Gasteiger partial charge in [-0.15, -0.1) is 0 Å². The first-order valence-corrected chi connectivity index (χ1v) is 12.2. The average Bonchev–Trinajstić information content (AvgIpc) is 2.85. The summed E-state index contributed by atoms with van der Waals surface area (Å²) >= 11 is 3.54. The van der Waals surface area contributed by atoms with Crippen LogP contribution in [-0.2, 0) is 4.79 Å². The lowest BCUT2D eigenvalue weighted by atomic mass is 10.0. The van der Waals surface area contributed by atoms with Gasteiger partial charge < -0.3 is 14.2 Å². The molecule has 3 aromatic carbocycles. The summed E-state index contributed by atoms with van der Waals surface area (Å²) in [4.78, 5) is 24.7. The van der Waals surface area contributed by atoms with E-state index >= 15 is 0 Å². The summed E-state index contributed by atoms with van der Waals surface area (Å²) in [6, 6.07) is 16.0. The second kappa shape index (κ2) is 12.4. The fourth-order valence-corrected chi connectivity index (χ4v) is 3.66. The highest BCUT2D eigenvalue weighted by Crippen LogP contribution is 2.32. The van der Waals surface area contributed by atoms with Crippen LogP contribution in [0.5, 0.6) is 17.2 Å². The first-order chi connectivity index (χ1) is 17.2. The Morgan fingerprint density at radius 2 is 1.72 bits per heavy atom. The summed E-state index contributed by atoms with van der Waals surface area (Å²) in [5, 5.41) is 3.99. The Balaban J connectivity index is 1.59. The van der Waals surface area contributed by atoms with Gasteiger partial charge >= 0.3 is 5.97 Å². The molecular weight excluding hydrogens is 524 g/mol. The van der Waals surface area contributed by atoms with Crippen molar-refractivity contribution in [3.05, 3.63) is 86.9 Å². The molecule has 7 nitrogen and oxygen atoms in total. The zero-order valence-corrected chi connectivity index (χ0v) is 22.5. The van der Waals surface area contributed by atoms with Gasteiger partial charge in [0.15, 0.2) is 18.1 Å².